The summed E-state index contributed by atoms with van der Waals surface area (Å²) in [5.41, 5.74) is -0.734. The van der Waals surface area contributed by atoms with Crippen molar-refractivity contribution in [1.82, 2.24) is 0 Å². The maximum Gasteiger partial charge on any atom is 0.331 e. The van der Waals surface area contributed by atoms with Crippen molar-refractivity contribution < 1.29 is 19.4 Å². The van der Waals surface area contributed by atoms with Gasteiger partial charge in [-0.25, -0.2) is 4.79 Å². The number of carbonyl (C=O) groups excluding carboxylic acids is 2. The van der Waals surface area contributed by atoms with Crippen LogP contribution in [0.2, 0.25) is 0 Å². The number of fused-ring (bicyclic) bond motifs is 1. The molecule has 0 spiro atoms. The lowest BCUT2D eigenvalue weighted by atomic mass is 9.74. The Kier molecular flexibility index (Phi) is 3.81. The van der Waals surface area contributed by atoms with Crippen LogP contribution in [0.25, 0.3) is 0 Å². The summed E-state index contributed by atoms with van der Waals surface area (Å²) in [5.74, 6) is 5.15. The molecule has 0 amide bonds. The van der Waals surface area contributed by atoms with E-state index < -0.39 is 17.0 Å². The Balaban J connectivity index is 2.27. The van der Waals surface area contributed by atoms with Crippen LogP contribution < -0.4 is 0 Å². The number of aliphatic hydroxyl groups is 1. The third-order valence-electron chi connectivity index (χ3n) is 4.40. The predicted molar refractivity (Wildman–Crippen MR) is 78.1 cm³/mol. The zero-order valence-corrected chi connectivity index (χ0v) is 12.8. The highest BCUT2D eigenvalue weighted by atomic mass is 16.5. The van der Waals surface area contributed by atoms with Gasteiger partial charge in [0.15, 0.2) is 11.4 Å². The van der Waals surface area contributed by atoms with Crippen LogP contribution in [0.4, 0.5) is 0 Å². The molecule has 0 bridgehead atoms. The molecule has 4 heteroatoms. The summed E-state index contributed by atoms with van der Waals surface area (Å²) in [5, 5.41) is 10.9. The van der Waals surface area contributed by atoms with Crippen molar-refractivity contribution in [2.24, 2.45) is 11.3 Å². The molecule has 1 saturated carbocycles. The third kappa shape index (κ3) is 2.54. The zero-order chi connectivity index (χ0) is 15.8. The van der Waals surface area contributed by atoms with Crippen LogP contribution in [0.5, 0.6) is 0 Å². The Labute approximate surface area is 124 Å². The van der Waals surface area contributed by atoms with E-state index >= 15 is 0 Å². The SMILES string of the molecule is CCOC(=O)/C=C(/C)C#CC1(O)C(C)=CC(=O)C2CC21C. The Bertz CT molecular complexity index is 616. The number of hydrogen-bond acceptors (Lipinski definition) is 4. The van der Waals surface area contributed by atoms with Crippen molar-refractivity contribution >= 4 is 11.8 Å². The Morgan fingerprint density at radius 2 is 2.29 bits per heavy atom. The van der Waals surface area contributed by atoms with Gasteiger partial charge >= 0.3 is 5.97 Å². The highest BCUT2D eigenvalue weighted by Crippen LogP contribution is 2.63. The first-order valence-corrected chi connectivity index (χ1v) is 7.08. The van der Waals surface area contributed by atoms with Gasteiger partial charge in [0.1, 0.15) is 0 Å². The maximum absolute atomic E-state index is 11.8. The predicted octanol–water partition coefficient (Wildman–Crippen LogP) is 1.79. The first kappa shape index (κ1) is 15.5. The molecule has 3 unspecified atom stereocenters. The number of esters is 1. The second-order valence-electron chi connectivity index (χ2n) is 5.94. The minimum atomic E-state index is -1.31. The van der Waals surface area contributed by atoms with E-state index in [0.717, 1.165) is 0 Å². The van der Waals surface area contributed by atoms with Gasteiger partial charge in [0, 0.05) is 23.0 Å². The molecule has 2 aliphatic rings. The normalized spacial score (nSPS) is 34.3. The molecule has 0 aromatic rings. The van der Waals surface area contributed by atoms with Crippen molar-refractivity contribution in [2.45, 2.75) is 39.7 Å². The van der Waals surface area contributed by atoms with E-state index in [0.29, 0.717) is 24.2 Å². The van der Waals surface area contributed by atoms with E-state index in [4.69, 9.17) is 4.74 Å². The van der Waals surface area contributed by atoms with E-state index in [-0.39, 0.29) is 11.7 Å². The number of allylic oxidation sites excluding steroid dienone is 2. The fraction of sp³-hybridized carbons (Fsp3) is 0.529. The molecule has 0 saturated heterocycles. The smallest absolute Gasteiger partial charge is 0.331 e. The molecule has 2 rings (SSSR count). The van der Waals surface area contributed by atoms with Gasteiger partial charge in [-0.3, -0.25) is 4.79 Å². The van der Waals surface area contributed by atoms with Crippen LogP contribution in [-0.4, -0.2) is 29.1 Å². The number of rotatable bonds is 2. The largest absolute Gasteiger partial charge is 0.463 e. The summed E-state index contributed by atoms with van der Waals surface area (Å²) in [7, 11) is 0. The summed E-state index contributed by atoms with van der Waals surface area (Å²) >= 11 is 0. The second-order valence-corrected chi connectivity index (χ2v) is 5.94. The number of ether oxygens (including phenoxy) is 1. The summed E-state index contributed by atoms with van der Waals surface area (Å²) in [4.78, 5) is 23.1. The van der Waals surface area contributed by atoms with Crippen LogP contribution in [-0.2, 0) is 14.3 Å². The fourth-order valence-electron chi connectivity index (χ4n) is 2.88. The van der Waals surface area contributed by atoms with Gasteiger partial charge in [-0.15, -0.1) is 0 Å². The summed E-state index contributed by atoms with van der Waals surface area (Å²) < 4.78 is 4.81. The van der Waals surface area contributed by atoms with Crippen molar-refractivity contribution in [3.8, 4) is 11.8 Å². The molecule has 0 heterocycles. The van der Waals surface area contributed by atoms with Crippen LogP contribution >= 0.6 is 0 Å². The van der Waals surface area contributed by atoms with Gasteiger partial charge < -0.3 is 9.84 Å². The van der Waals surface area contributed by atoms with Crippen LogP contribution in [0.1, 0.15) is 34.1 Å². The molecule has 0 aromatic heterocycles. The molecule has 3 atom stereocenters. The van der Waals surface area contributed by atoms with Gasteiger partial charge in [-0.1, -0.05) is 18.8 Å². The number of ketones is 1. The standard InChI is InChI=1S/C17H20O4/c1-5-21-15(19)8-11(2)6-7-17(20)12(3)9-14(18)13-10-16(13,17)4/h8-9,13,20H,5,10H2,1-4H3/b11-8-. The molecule has 1 fully saturated rings. The molecule has 0 radical (unpaired) electrons. The van der Waals surface area contributed by atoms with Crippen molar-refractivity contribution in [3.05, 3.63) is 23.3 Å². The molecule has 0 aromatic carbocycles. The molecule has 1 N–H and O–H groups in total. The Hall–Kier alpha value is -1.86. The van der Waals surface area contributed by atoms with Crippen LogP contribution in [0.3, 0.4) is 0 Å². The van der Waals surface area contributed by atoms with Gasteiger partial charge in [-0.05, 0) is 38.8 Å². The molecule has 0 aliphatic heterocycles. The van der Waals surface area contributed by atoms with Crippen molar-refractivity contribution in [2.75, 3.05) is 6.61 Å². The monoisotopic (exact) mass is 288 g/mol. The summed E-state index contributed by atoms with van der Waals surface area (Å²) in [6.45, 7) is 7.33. The van der Waals surface area contributed by atoms with E-state index in [1.807, 2.05) is 6.92 Å². The maximum atomic E-state index is 11.8. The Morgan fingerprint density at radius 1 is 1.62 bits per heavy atom. The molecule has 112 valence electrons. The van der Waals surface area contributed by atoms with Crippen molar-refractivity contribution in [1.29, 1.82) is 0 Å². The highest BCUT2D eigenvalue weighted by molar-refractivity contribution is 5.98. The second kappa shape index (κ2) is 5.16. The average molecular weight is 288 g/mol. The van der Waals surface area contributed by atoms with Gasteiger partial charge in [0.05, 0.1) is 6.61 Å². The van der Waals surface area contributed by atoms with Gasteiger partial charge in [0.2, 0.25) is 0 Å². The lowest BCUT2D eigenvalue weighted by molar-refractivity contribution is -0.137. The molecule has 2 aliphatic carbocycles. The lowest BCUT2D eigenvalue weighted by Crippen LogP contribution is -2.42. The number of carbonyl (C=O) groups is 2. The van der Waals surface area contributed by atoms with Crippen LogP contribution in [0.15, 0.2) is 23.3 Å². The fourth-order valence-corrected chi connectivity index (χ4v) is 2.88. The van der Waals surface area contributed by atoms with Gasteiger partial charge in [-0.2, -0.15) is 0 Å². The first-order chi connectivity index (χ1) is 9.74. The summed E-state index contributed by atoms with van der Waals surface area (Å²) in [6.07, 6.45) is 3.43. The minimum absolute atomic E-state index is 0.0697. The summed E-state index contributed by atoms with van der Waals surface area (Å²) in [6, 6.07) is 0. The zero-order valence-electron chi connectivity index (χ0n) is 12.8. The Morgan fingerprint density at radius 3 is 2.90 bits per heavy atom. The molecule has 21 heavy (non-hydrogen) atoms. The minimum Gasteiger partial charge on any atom is -0.463 e. The molecular weight excluding hydrogens is 268 g/mol. The van der Waals surface area contributed by atoms with Crippen LogP contribution in [0, 0.1) is 23.2 Å². The molecular formula is C17H20O4. The lowest BCUT2D eigenvalue weighted by Gasteiger charge is -2.33. The van der Waals surface area contributed by atoms with Gasteiger partial charge in [0.25, 0.3) is 0 Å². The van der Waals surface area contributed by atoms with E-state index in [1.54, 1.807) is 20.8 Å². The first-order valence-electron chi connectivity index (χ1n) is 7.08. The third-order valence-corrected chi connectivity index (χ3v) is 4.40. The number of hydrogen-bond donors (Lipinski definition) is 1. The van der Waals surface area contributed by atoms with Crippen molar-refractivity contribution in [3.63, 3.8) is 0 Å². The van der Waals surface area contributed by atoms with E-state index in [1.165, 1.54) is 12.2 Å². The van der Waals surface area contributed by atoms with E-state index in [9.17, 15) is 14.7 Å². The average Bonchev–Trinajstić information content (AvgIpc) is 3.09. The quantitative estimate of drug-likeness (QED) is 0.478. The van der Waals surface area contributed by atoms with E-state index in [2.05, 4.69) is 11.8 Å². The topological polar surface area (TPSA) is 63.6 Å². The molecule has 4 nitrogen and oxygen atoms in total. The highest BCUT2D eigenvalue weighted by Gasteiger charge is 2.67.